The van der Waals surface area contributed by atoms with Crippen LogP contribution >= 0.6 is 0 Å². The summed E-state index contributed by atoms with van der Waals surface area (Å²) in [4.78, 5) is 22.4. The highest BCUT2D eigenvalue weighted by Gasteiger charge is 2.47. The topological polar surface area (TPSA) is 154 Å². The van der Waals surface area contributed by atoms with E-state index in [4.69, 9.17) is 5.26 Å². The summed E-state index contributed by atoms with van der Waals surface area (Å²) in [5.41, 5.74) is -2.00. The number of carboxylic acid groups (broad SMARTS) is 1. The Hall–Kier alpha value is -3.70. The summed E-state index contributed by atoms with van der Waals surface area (Å²) in [5.74, 6) is -1.44. The lowest BCUT2D eigenvalue weighted by Gasteiger charge is -2.23. The zero-order chi connectivity index (χ0) is 34.0. The number of hydrogen-bond donors (Lipinski definition) is 2. The fourth-order valence-electron chi connectivity index (χ4n) is 5.55. The number of rotatable bonds is 15. The van der Waals surface area contributed by atoms with Gasteiger partial charge in [-0.05, 0) is 50.4 Å². The van der Waals surface area contributed by atoms with Gasteiger partial charge in [0.25, 0.3) is 5.69 Å². The molecule has 0 aromatic heterocycles. The second-order valence-corrected chi connectivity index (χ2v) is 13.9. The van der Waals surface area contributed by atoms with Crippen LogP contribution in [0.15, 0.2) is 53.4 Å². The Morgan fingerprint density at radius 2 is 1.65 bits per heavy atom. The van der Waals surface area contributed by atoms with Crippen molar-refractivity contribution in [1.82, 2.24) is 5.32 Å². The third-order valence-corrected chi connectivity index (χ3v) is 10.5. The highest BCUT2D eigenvalue weighted by molar-refractivity contribution is 7.92. The molecule has 0 spiro atoms. The number of anilines is 1. The van der Waals surface area contributed by atoms with Crippen LogP contribution in [0.5, 0.6) is 0 Å². The quantitative estimate of drug-likeness (QED) is 0.117. The average molecular weight is 667 g/mol. The van der Waals surface area contributed by atoms with Gasteiger partial charge in [0.15, 0.2) is 9.84 Å². The van der Waals surface area contributed by atoms with Crippen molar-refractivity contribution in [3.8, 4) is 6.07 Å². The van der Waals surface area contributed by atoms with Gasteiger partial charge in [0, 0.05) is 12.6 Å². The second-order valence-electron chi connectivity index (χ2n) is 11.7. The molecule has 0 unspecified atom stereocenters. The molecule has 1 aliphatic heterocycles. The molecule has 14 heteroatoms. The Kier molecular flexibility index (Phi) is 13.0. The predicted molar refractivity (Wildman–Crippen MR) is 167 cm³/mol. The van der Waals surface area contributed by atoms with Crippen LogP contribution in [0.4, 0.5) is 24.5 Å². The number of unbranched alkanes of at least 4 members (excludes halogenated alkanes) is 7. The van der Waals surface area contributed by atoms with Crippen molar-refractivity contribution in [2.24, 2.45) is 0 Å². The van der Waals surface area contributed by atoms with Gasteiger partial charge in [-0.2, -0.15) is 18.4 Å². The number of benzene rings is 2. The molecule has 4 rings (SSSR count). The molecule has 2 aromatic carbocycles. The van der Waals surface area contributed by atoms with Gasteiger partial charge >= 0.3 is 12.1 Å². The van der Waals surface area contributed by atoms with E-state index in [0.717, 1.165) is 48.6 Å². The number of para-hydroxylation sites is 2. The van der Waals surface area contributed by atoms with E-state index in [1.165, 1.54) is 69.6 Å². The molecule has 0 amide bonds. The molecule has 2 N–H and O–H groups in total. The van der Waals surface area contributed by atoms with Crippen molar-refractivity contribution in [2.75, 3.05) is 18.0 Å². The Balaban J connectivity index is 0.000000304. The summed E-state index contributed by atoms with van der Waals surface area (Å²) in [6, 6.07) is 9.75. The molecule has 2 fully saturated rings. The van der Waals surface area contributed by atoms with Crippen molar-refractivity contribution < 1.29 is 36.4 Å². The molecule has 0 bridgehead atoms. The van der Waals surface area contributed by atoms with Crippen LogP contribution in [0, 0.1) is 21.4 Å². The number of sulfone groups is 1. The number of alkyl halides is 3. The Morgan fingerprint density at radius 1 is 1.07 bits per heavy atom. The lowest BCUT2D eigenvalue weighted by atomic mass is 10.1. The van der Waals surface area contributed by atoms with Gasteiger partial charge in [0.05, 0.1) is 26.7 Å². The van der Waals surface area contributed by atoms with E-state index < -0.39 is 67.3 Å². The normalized spacial score (nSPS) is 18.7. The number of halogens is 3. The zero-order valence-corrected chi connectivity index (χ0v) is 26.7. The van der Waals surface area contributed by atoms with E-state index in [-0.39, 0.29) is 11.2 Å². The molecular weight excluding hydrogens is 625 g/mol. The van der Waals surface area contributed by atoms with Crippen LogP contribution in [0.1, 0.15) is 83.1 Å². The minimum absolute atomic E-state index is 0.110. The van der Waals surface area contributed by atoms with Gasteiger partial charge in [-0.3, -0.25) is 15.4 Å². The molecule has 2 atom stereocenters. The number of nitro benzene ring substituents is 1. The summed E-state index contributed by atoms with van der Waals surface area (Å²) >= 11 is 0. The van der Waals surface area contributed by atoms with Crippen molar-refractivity contribution in [3.05, 3.63) is 64.2 Å². The smallest absolute Gasteiger partial charge is 0.417 e. The minimum atomic E-state index is -4.92. The number of carboxylic acids is 1. The Bertz CT molecular complexity index is 1490. The summed E-state index contributed by atoms with van der Waals surface area (Å²) in [7, 11) is -4.59. The molecule has 252 valence electrons. The average Bonchev–Trinajstić information content (AvgIpc) is 3.66. The van der Waals surface area contributed by atoms with Crippen molar-refractivity contribution in [2.45, 2.75) is 105 Å². The SMILES string of the molecule is CCCCCCCCCCNC1(C#N)CC1.O=C(O)[C@@H]1C[C@@H](S(=O)(=O)c2ccccc2C(F)(F)F)CN1c1ccccc1[N+](=O)[O-]. The first-order chi connectivity index (χ1) is 21.8. The first kappa shape index (κ1) is 36.8. The number of aliphatic carboxylic acids is 1. The molecular formula is C32H41F3N4O6S. The van der Waals surface area contributed by atoms with Crippen molar-refractivity contribution in [3.63, 3.8) is 0 Å². The molecule has 10 nitrogen and oxygen atoms in total. The lowest BCUT2D eigenvalue weighted by Crippen LogP contribution is -2.36. The fourth-order valence-corrected chi connectivity index (χ4v) is 7.46. The van der Waals surface area contributed by atoms with Gasteiger partial charge in [-0.1, -0.05) is 76.1 Å². The molecule has 2 aromatic rings. The lowest BCUT2D eigenvalue weighted by molar-refractivity contribution is -0.384. The van der Waals surface area contributed by atoms with Crippen LogP contribution in [-0.2, 0) is 20.8 Å². The van der Waals surface area contributed by atoms with Gasteiger partial charge < -0.3 is 10.0 Å². The molecule has 1 saturated carbocycles. The summed E-state index contributed by atoms with van der Waals surface area (Å²) in [6.45, 7) is 2.79. The summed E-state index contributed by atoms with van der Waals surface area (Å²) in [6.07, 6.45) is 7.53. The van der Waals surface area contributed by atoms with E-state index in [9.17, 15) is 41.6 Å². The maximum absolute atomic E-state index is 13.3. The van der Waals surface area contributed by atoms with Crippen molar-refractivity contribution in [1.29, 1.82) is 5.26 Å². The van der Waals surface area contributed by atoms with E-state index in [0.29, 0.717) is 6.07 Å². The summed E-state index contributed by atoms with van der Waals surface area (Å²) in [5, 5.41) is 31.6. The third-order valence-electron chi connectivity index (χ3n) is 8.33. The minimum Gasteiger partial charge on any atom is -0.480 e. The van der Waals surface area contributed by atoms with Crippen LogP contribution in [-0.4, -0.2) is 54.3 Å². The molecule has 1 heterocycles. The first-order valence-electron chi connectivity index (χ1n) is 15.6. The largest absolute Gasteiger partial charge is 0.480 e. The van der Waals surface area contributed by atoms with E-state index in [2.05, 4.69) is 18.3 Å². The maximum Gasteiger partial charge on any atom is 0.417 e. The molecule has 0 radical (unpaired) electrons. The van der Waals surface area contributed by atoms with Crippen LogP contribution in [0.25, 0.3) is 0 Å². The number of nitrogens with zero attached hydrogens (tertiary/aromatic N) is 3. The van der Waals surface area contributed by atoms with E-state index in [1.54, 1.807) is 0 Å². The number of nitriles is 1. The predicted octanol–water partition coefficient (Wildman–Crippen LogP) is 6.89. The van der Waals surface area contributed by atoms with Gasteiger partial charge in [-0.25, -0.2) is 13.2 Å². The Labute approximate surface area is 267 Å². The number of nitrogens with one attached hydrogen (secondary N) is 1. The third kappa shape index (κ3) is 9.65. The number of carbonyl (C=O) groups is 1. The highest BCUT2D eigenvalue weighted by Crippen LogP contribution is 2.40. The first-order valence-corrected chi connectivity index (χ1v) is 17.1. The van der Waals surface area contributed by atoms with Gasteiger partial charge in [-0.15, -0.1) is 0 Å². The maximum atomic E-state index is 13.3. The zero-order valence-electron chi connectivity index (χ0n) is 25.8. The Morgan fingerprint density at radius 3 is 2.22 bits per heavy atom. The van der Waals surface area contributed by atoms with Crippen LogP contribution in [0.3, 0.4) is 0 Å². The van der Waals surface area contributed by atoms with Crippen molar-refractivity contribution >= 4 is 27.2 Å². The standard InChI is InChI=1S/C18H15F3N2O6S.C14H26N2/c19-18(20,21)12-5-1-4-8-16(12)30(28,29)11-9-15(17(24)25)22(10-11)13-6-2-3-7-14(13)23(26)27;1-2-3-4-5-6-7-8-9-12-16-14(13-15)10-11-14/h1-8,11,15H,9-10H2,(H,24,25);16H,2-12H2,1H3/t11-,15+;/m1./s1. The van der Waals surface area contributed by atoms with Crippen LogP contribution in [0.2, 0.25) is 0 Å². The van der Waals surface area contributed by atoms with E-state index >= 15 is 0 Å². The highest BCUT2D eigenvalue weighted by atomic mass is 32.2. The monoisotopic (exact) mass is 666 g/mol. The summed E-state index contributed by atoms with van der Waals surface area (Å²) < 4.78 is 66.0. The van der Waals surface area contributed by atoms with Crippen LogP contribution < -0.4 is 10.2 Å². The number of nitro groups is 1. The molecule has 46 heavy (non-hydrogen) atoms. The second kappa shape index (κ2) is 16.2. The number of hydrogen-bond acceptors (Lipinski definition) is 8. The van der Waals surface area contributed by atoms with Gasteiger partial charge in [0.2, 0.25) is 0 Å². The van der Waals surface area contributed by atoms with E-state index in [1.807, 2.05) is 0 Å². The van der Waals surface area contributed by atoms with Gasteiger partial charge in [0.1, 0.15) is 17.3 Å². The molecule has 1 aliphatic carbocycles. The molecule has 1 saturated heterocycles. The fraction of sp³-hybridized carbons (Fsp3) is 0.562. The molecule has 2 aliphatic rings.